The van der Waals surface area contributed by atoms with Crippen LogP contribution in [0.15, 0.2) is 23.0 Å². The molecule has 0 radical (unpaired) electrons. The number of nitro benzene ring substituents is 1. The summed E-state index contributed by atoms with van der Waals surface area (Å²) in [5.41, 5.74) is 2.09. The number of nitrogens with zero attached hydrogens (tertiary/aromatic N) is 3. The van der Waals surface area contributed by atoms with Crippen LogP contribution in [0.2, 0.25) is 0 Å². The van der Waals surface area contributed by atoms with Crippen LogP contribution < -0.4 is 14.8 Å². The number of thiazole rings is 1. The molecular weight excluding hydrogens is 443 g/mol. The largest absolute Gasteiger partial charge is 0.493 e. The molecule has 9 nitrogen and oxygen atoms in total. The number of ether oxygens (including phenoxy) is 2. The highest BCUT2D eigenvalue weighted by molar-refractivity contribution is 7.07. The van der Waals surface area contributed by atoms with Gasteiger partial charge in [0.05, 0.1) is 29.3 Å². The lowest BCUT2D eigenvalue weighted by molar-refractivity contribution is -0.385. The second-order valence-corrected chi connectivity index (χ2v) is 6.66. The number of nitro groups is 1. The number of hydrogen-bond acceptors (Lipinski definition) is 8. The van der Waals surface area contributed by atoms with Gasteiger partial charge in [-0.05, 0) is 13.0 Å². The maximum Gasteiger partial charge on any atom is 0.286 e. The van der Waals surface area contributed by atoms with E-state index >= 15 is 0 Å². The zero-order valence-corrected chi connectivity index (χ0v) is 18.1. The molecule has 1 aliphatic rings. The molecule has 1 amide bonds. The molecule has 1 saturated heterocycles. The van der Waals surface area contributed by atoms with Crippen molar-refractivity contribution in [3.8, 4) is 11.5 Å². The van der Waals surface area contributed by atoms with Gasteiger partial charge in [0.1, 0.15) is 12.2 Å². The predicted molar refractivity (Wildman–Crippen MR) is 114 cm³/mol. The first kappa shape index (κ1) is 24.9. The summed E-state index contributed by atoms with van der Waals surface area (Å²) in [5.74, 6) is 0.0909. The van der Waals surface area contributed by atoms with Crippen LogP contribution in [0.1, 0.15) is 22.5 Å². The molecule has 12 heteroatoms. The number of amides is 1. The standard InChI is InChI=1S/C17H20N4O5S.2ClH/c1-25-15-7-13(17(22)20-5-2-3-18-4-6-20)14(21(23)24)8-16(15)26-9-12-10-27-11-19-12;;/h7-8,10-11,18H,2-6,9H2,1H3;2*1H. The lowest BCUT2D eigenvalue weighted by atomic mass is 10.1. The molecule has 0 bridgehead atoms. The third kappa shape index (κ3) is 6.17. The minimum atomic E-state index is -0.571. The first-order valence-corrected chi connectivity index (χ1v) is 9.40. The summed E-state index contributed by atoms with van der Waals surface area (Å²) < 4.78 is 10.9. The minimum Gasteiger partial charge on any atom is -0.493 e. The average Bonchev–Trinajstić information content (AvgIpc) is 3.05. The number of benzene rings is 1. The van der Waals surface area contributed by atoms with Crippen molar-refractivity contribution in [2.24, 2.45) is 0 Å². The molecule has 0 saturated carbocycles. The Morgan fingerprint density at radius 3 is 2.76 bits per heavy atom. The molecule has 1 fully saturated rings. The van der Waals surface area contributed by atoms with E-state index < -0.39 is 4.92 Å². The number of halogens is 2. The number of carbonyl (C=O) groups is 1. The Balaban J connectivity index is 0.00000210. The molecule has 1 N–H and O–H groups in total. The van der Waals surface area contributed by atoms with Gasteiger partial charge in [-0.3, -0.25) is 14.9 Å². The molecule has 1 aromatic carbocycles. The van der Waals surface area contributed by atoms with Gasteiger partial charge in [0.25, 0.3) is 11.6 Å². The lowest BCUT2D eigenvalue weighted by Crippen LogP contribution is -2.34. The van der Waals surface area contributed by atoms with Gasteiger partial charge in [-0.15, -0.1) is 36.2 Å². The molecule has 1 aromatic heterocycles. The summed E-state index contributed by atoms with van der Waals surface area (Å²) in [4.78, 5) is 29.6. The van der Waals surface area contributed by atoms with Gasteiger partial charge in [-0.2, -0.15) is 0 Å². The van der Waals surface area contributed by atoms with Crippen molar-refractivity contribution >= 4 is 47.7 Å². The van der Waals surface area contributed by atoms with Crippen molar-refractivity contribution in [3.05, 3.63) is 44.4 Å². The fourth-order valence-electron chi connectivity index (χ4n) is 2.82. The second kappa shape index (κ2) is 11.8. The molecule has 1 aliphatic heterocycles. The SMILES string of the molecule is COc1cc(C(=O)N2CCCNCC2)c([N+](=O)[O-])cc1OCc1cscn1.Cl.Cl. The Hall–Kier alpha value is -2.14. The van der Waals surface area contributed by atoms with Gasteiger partial charge in [0, 0.05) is 31.1 Å². The van der Waals surface area contributed by atoms with Crippen LogP contribution >= 0.6 is 36.2 Å². The Morgan fingerprint density at radius 1 is 1.31 bits per heavy atom. The Labute approximate surface area is 184 Å². The molecule has 160 valence electrons. The minimum absolute atomic E-state index is 0. The summed E-state index contributed by atoms with van der Waals surface area (Å²) in [7, 11) is 1.43. The summed E-state index contributed by atoms with van der Waals surface area (Å²) in [5, 5.41) is 16.6. The molecule has 0 aliphatic carbocycles. The highest BCUT2D eigenvalue weighted by atomic mass is 35.5. The van der Waals surface area contributed by atoms with Gasteiger partial charge < -0.3 is 19.7 Å². The monoisotopic (exact) mass is 464 g/mol. The van der Waals surface area contributed by atoms with E-state index in [0.29, 0.717) is 25.3 Å². The molecule has 2 heterocycles. The molecule has 3 rings (SSSR count). The fraction of sp³-hybridized carbons (Fsp3) is 0.412. The van der Waals surface area contributed by atoms with E-state index in [0.717, 1.165) is 13.0 Å². The third-order valence-corrected chi connectivity index (χ3v) is 4.83. The number of aromatic nitrogens is 1. The van der Waals surface area contributed by atoms with E-state index in [1.807, 2.05) is 5.38 Å². The van der Waals surface area contributed by atoms with E-state index in [1.165, 1.54) is 30.6 Å². The smallest absolute Gasteiger partial charge is 0.286 e. The van der Waals surface area contributed by atoms with Crippen LogP contribution in [0, 0.1) is 10.1 Å². The number of rotatable bonds is 6. The summed E-state index contributed by atoms with van der Waals surface area (Å²) >= 11 is 1.43. The van der Waals surface area contributed by atoms with Gasteiger partial charge in [-0.1, -0.05) is 0 Å². The molecule has 0 spiro atoms. The number of nitrogens with one attached hydrogen (secondary N) is 1. The van der Waals surface area contributed by atoms with Gasteiger partial charge in [0.15, 0.2) is 11.5 Å². The zero-order chi connectivity index (χ0) is 19.2. The summed E-state index contributed by atoms with van der Waals surface area (Å²) in [6, 6.07) is 2.63. The number of carbonyl (C=O) groups excluding carboxylic acids is 1. The van der Waals surface area contributed by atoms with Crippen molar-refractivity contribution < 1.29 is 19.2 Å². The molecule has 0 atom stereocenters. The van der Waals surface area contributed by atoms with Crippen LogP contribution in [0.3, 0.4) is 0 Å². The van der Waals surface area contributed by atoms with Crippen molar-refractivity contribution in [3.63, 3.8) is 0 Å². The van der Waals surface area contributed by atoms with E-state index in [2.05, 4.69) is 10.3 Å². The highest BCUT2D eigenvalue weighted by Gasteiger charge is 2.28. The van der Waals surface area contributed by atoms with E-state index in [1.54, 1.807) is 10.4 Å². The average molecular weight is 465 g/mol. The Morgan fingerprint density at radius 2 is 2.10 bits per heavy atom. The van der Waals surface area contributed by atoms with E-state index in [-0.39, 0.29) is 60.1 Å². The maximum atomic E-state index is 12.9. The quantitative estimate of drug-likeness (QED) is 0.517. The zero-order valence-electron chi connectivity index (χ0n) is 15.7. The molecule has 29 heavy (non-hydrogen) atoms. The molecule has 0 unspecified atom stereocenters. The highest BCUT2D eigenvalue weighted by Crippen LogP contribution is 2.36. The Bertz CT molecular complexity index is 814. The van der Waals surface area contributed by atoms with Crippen LogP contribution in [0.25, 0.3) is 0 Å². The van der Waals surface area contributed by atoms with Crippen molar-refractivity contribution in [1.29, 1.82) is 0 Å². The van der Waals surface area contributed by atoms with Crippen molar-refractivity contribution in [1.82, 2.24) is 15.2 Å². The normalized spacial score (nSPS) is 13.5. The Kier molecular flexibility index (Phi) is 10.1. The van der Waals surface area contributed by atoms with Gasteiger partial charge in [0.2, 0.25) is 0 Å². The van der Waals surface area contributed by atoms with Crippen molar-refractivity contribution in [2.75, 3.05) is 33.3 Å². The van der Waals surface area contributed by atoms with Crippen LogP contribution in [-0.2, 0) is 6.61 Å². The lowest BCUT2D eigenvalue weighted by Gasteiger charge is -2.20. The van der Waals surface area contributed by atoms with Gasteiger partial charge >= 0.3 is 0 Å². The summed E-state index contributed by atoms with van der Waals surface area (Å²) in [6.45, 7) is 2.68. The third-order valence-electron chi connectivity index (χ3n) is 4.20. The first-order valence-electron chi connectivity index (χ1n) is 8.46. The van der Waals surface area contributed by atoms with Gasteiger partial charge in [-0.25, -0.2) is 4.98 Å². The van der Waals surface area contributed by atoms with Crippen LogP contribution in [0.4, 0.5) is 5.69 Å². The summed E-state index contributed by atoms with van der Waals surface area (Å²) in [6.07, 6.45) is 0.797. The maximum absolute atomic E-state index is 12.9. The first-order chi connectivity index (χ1) is 13.1. The van der Waals surface area contributed by atoms with Crippen LogP contribution in [0.5, 0.6) is 11.5 Å². The molecular formula is C17H22Cl2N4O5S. The predicted octanol–water partition coefficient (Wildman–Crippen LogP) is 2.92. The van der Waals surface area contributed by atoms with Crippen LogP contribution in [-0.4, -0.2) is 54.0 Å². The topological polar surface area (TPSA) is 107 Å². The number of methoxy groups -OCH3 is 1. The second-order valence-electron chi connectivity index (χ2n) is 5.94. The number of hydrogen-bond donors (Lipinski definition) is 1. The molecule has 2 aromatic rings. The van der Waals surface area contributed by atoms with Crippen molar-refractivity contribution in [2.45, 2.75) is 13.0 Å². The van der Waals surface area contributed by atoms with E-state index in [4.69, 9.17) is 9.47 Å². The van der Waals surface area contributed by atoms with E-state index in [9.17, 15) is 14.9 Å². The fourth-order valence-corrected chi connectivity index (χ4v) is 3.37.